The fourth-order valence-electron chi connectivity index (χ4n) is 2.76. The molecule has 2 N–H and O–H groups in total. The van der Waals surface area contributed by atoms with Gasteiger partial charge in [0.25, 0.3) is 5.91 Å². The van der Waals surface area contributed by atoms with Crippen LogP contribution in [0.15, 0.2) is 0 Å². The lowest BCUT2D eigenvalue weighted by Gasteiger charge is -2.39. The minimum absolute atomic E-state index is 0.153. The maximum Gasteiger partial charge on any atom is 0.254 e. The number of piperidine rings is 1. The summed E-state index contributed by atoms with van der Waals surface area (Å²) < 4.78 is 5.62. The SMILES string of the molecule is CC1(C(=O)N2CCCCC2CN)CCCO1. The Hall–Kier alpha value is -0.610. The Balaban J connectivity index is 2.07. The number of hydrogen-bond acceptors (Lipinski definition) is 3. The van der Waals surface area contributed by atoms with E-state index in [-0.39, 0.29) is 11.9 Å². The zero-order chi connectivity index (χ0) is 11.6. The Morgan fingerprint density at radius 3 is 2.94 bits per heavy atom. The molecule has 1 amide bonds. The van der Waals surface area contributed by atoms with Gasteiger partial charge >= 0.3 is 0 Å². The second-order valence-electron chi connectivity index (χ2n) is 5.07. The first-order valence-corrected chi connectivity index (χ1v) is 6.32. The monoisotopic (exact) mass is 226 g/mol. The molecule has 2 aliphatic heterocycles. The summed E-state index contributed by atoms with van der Waals surface area (Å²) in [4.78, 5) is 14.4. The van der Waals surface area contributed by atoms with Gasteiger partial charge < -0.3 is 15.4 Å². The first-order chi connectivity index (χ1) is 7.67. The highest BCUT2D eigenvalue weighted by Crippen LogP contribution is 2.29. The second kappa shape index (κ2) is 4.72. The van der Waals surface area contributed by atoms with Crippen LogP contribution in [-0.4, -0.2) is 42.1 Å². The van der Waals surface area contributed by atoms with Crippen LogP contribution in [0.3, 0.4) is 0 Å². The summed E-state index contributed by atoms with van der Waals surface area (Å²) in [6, 6.07) is 0.224. The maximum atomic E-state index is 12.4. The fraction of sp³-hybridized carbons (Fsp3) is 0.917. The molecule has 2 atom stereocenters. The zero-order valence-corrected chi connectivity index (χ0v) is 10.1. The number of carbonyl (C=O) groups is 1. The number of carbonyl (C=O) groups excluding carboxylic acids is 1. The average molecular weight is 226 g/mol. The third-order valence-corrected chi connectivity index (χ3v) is 3.83. The summed E-state index contributed by atoms with van der Waals surface area (Å²) >= 11 is 0. The van der Waals surface area contributed by atoms with Crippen LogP contribution in [0.1, 0.15) is 39.0 Å². The number of hydrogen-bond donors (Lipinski definition) is 1. The smallest absolute Gasteiger partial charge is 0.254 e. The van der Waals surface area contributed by atoms with Crippen LogP contribution in [0, 0.1) is 0 Å². The fourth-order valence-corrected chi connectivity index (χ4v) is 2.76. The predicted molar refractivity (Wildman–Crippen MR) is 62.0 cm³/mol. The van der Waals surface area contributed by atoms with Gasteiger partial charge in [0.2, 0.25) is 0 Å². The van der Waals surface area contributed by atoms with E-state index in [0.717, 1.165) is 32.2 Å². The van der Waals surface area contributed by atoms with Gasteiger partial charge in [0.05, 0.1) is 0 Å². The summed E-state index contributed by atoms with van der Waals surface area (Å²) in [5.74, 6) is 0.153. The van der Waals surface area contributed by atoms with Crippen LogP contribution in [0.2, 0.25) is 0 Å². The number of nitrogens with two attached hydrogens (primary N) is 1. The molecule has 92 valence electrons. The predicted octanol–water partition coefficient (Wildman–Crippen LogP) is 0.895. The maximum absolute atomic E-state index is 12.4. The lowest BCUT2D eigenvalue weighted by molar-refractivity contribution is -0.154. The number of rotatable bonds is 2. The van der Waals surface area contributed by atoms with Crippen molar-refractivity contribution in [1.29, 1.82) is 0 Å². The molecule has 2 unspecified atom stereocenters. The highest BCUT2D eigenvalue weighted by molar-refractivity contribution is 5.85. The van der Waals surface area contributed by atoms with Gasteiger partial charge in [0.1, 0.15) is 5.60 Å². The van der Waals surface area contributed by atoms with E-state index in [1.165, 1.54) is 6.42 Å². The van der Waals surface area contributed by atoms with Crippen LogP contribution >= 0.6 is 0 Å². The molecule has 0 aromatic rings. The Morgan fingerprint density at radius 1 is 1.50 bits per heavy atom. The van der Waals surface area contributed by atoms with Crippen molar-refractivity contribution in [1.82, 2.24) is 4.90 Å². The van der Waals surface area contributed by atoms with Gasteiger partial charge in [-0.15, -0.1) is 0 Å². The molecule has 0 bridgehead atoms. The molecule has 0 saturated carbocycles. The van der Waals surface area contributed by atoms with Gasteiger partial charge in [0, 0.05) is 25.7 Å². The van der Waals surface area contributed by atoms with E-state index in [0.29, 0.717) is 13.2 Å². The molecule has 2 heterocycles. The zero-order valence-electron chi connectivity index (χ0n) is 10.1. The van der Waals surface area contributed by atoms with Crippen molar-refractivity contribution >= 4 is 5.91 Å². The number of ether oxygens (including phenoxy) is 1. The van der Waals surface area contributed by atoms with Crippen LogP contribution in [0.4, 0.5) is 0 Å². The summed E-state index contributed by atoms with van der Waals surface area (Å²) in [7, 11) is 0. The largest absolute Gasteiger partial charge is 0.365 e. The highest BCUT2D eigenvalue weighted by atomic mass is 16.5. The van der Waals surface area contributed by atoms with Crippen LogP contribution < -0.4 is 5.73 Å². The van der Waals surface area contributed by atoms with Crippen molar-refractivity contribution in [2.75, 3.05) is 19.7 Å². The average Bonchev–Trinajstić information content (AvgIpc) is 2.76. The summed E-state index contributed by atoms with van der Waals surface area (Å²) in [5.41, 5.74) is 5.16. The number of likely N-dealkylation sites (tertiary alicyclic amines) is 1. The molecular formula is C12H22N2O2. The third-order valence-electron chi connectivity index (χ3n) is 3.83. The summed E-state index contributed by atoms with van der Waals surface area (Å²) in [6.07, 6.45) is 5.16. The molecule has 0 spiro atoms. The van der Waals surface area contributed by atoms with Crippen molar-refractivity contribution < 1.29 is 9.53 Å². The Kier molecular flexibility index (Phi) is 3.50. The Labute approximate surface area is 97.1 Å². The second-order valence-corrected chi connectivity index (χ2v) is 5.07. The molecule has 2 fully saturated rings. The Bertz CT molecular complexity index is 262. The van der Waals surface area contributed by atoms with E-state index in [1.54, 1.807) is 0 Å². The minimum Gasteiger partial charge on any atom is -0.365 e. The molecule has 4 nitrogen and oxygen atoms in total. The van der Waals surface area contributed by atoms with E-state index in [4.69, 9.17) is 10.5 Å². The van der Waals surface area contributed by atoms with Crippen LogP contribution in [-0.2, 0) is 9.53 Å². The van der Waals surface area contributed by atoms with Crippen molar-refractivity contribution in [2.45, 2.75) is 50.7 Å². The van der Waals surface area contributed by atoms with Crippen molar-refractivity contribution in [3.8, 4) is 0 Å². The molecule has 0 aromatic heterocycles. The highest BCUT2D eigenvalue weighted by Gasteiger charge is 2.42. The first-order valence-electron chi connectivity index (χ1n) is 6.32. The lowest BCUT2D eigenvalue weighted by Crippen LogP contribution is -2.54. The standard InChI is InChI=1S/C12H22N2O2/c1-12(6-4-8-16-12)11(15)14-7-3-2-5-10(14)9-13/h10H,2-9,13H2,1H3. The number of nitrogens with zero attached hydrogens (tertiary/aromatic N) is 1. The van der Waals surface area contributed by atoms with E-state index in [9.17, 15) is 4.79 Å². The molecule has 16 heavy (non-hydrogen) atoms. The van der Waals surface area contributed by atoms with Gasteiger partial charge in [-0.05, 0) is 39.0 Å². The van der Waals surface area contributed by atoms with Gasteiger partial charge in [0.15, 0.2) is 0 Å². The molecule has 2 aliphatic rings. The summed E-state index contributed by atoms with van der Waals surface area (Å²) in [6.45, 7) is 4.05. The minimum atomic E-state index is -0.579. The molecule has 2 saturated heterocycles. The van der Waals surface area contributed by atoms with E-state index < -0.39 is 5.60 Å². The molecule has 4 heteroatoms. The third kappa shape index (κ3) is 2.09. The first kappa shape index (κ1) is 11.9. The van der Waals surface area contributed by atoms with Gasteiger partial charge in [-0.2, -0.15) is 0 Å². The molecule has 0 radical (unpaired) electrons. The normalized spacial score (nSPS) is 35.4. The van der Waals surface area contributed by atoms with E-state index in [1.807, 2.05) is 11.8 Å². The quantitative estimate of drug-likeness (QED) is 0.761. The van der Waals surface area contributed by atoms with Gasteiger partial charge in [-0.3, -0.25) is 4.79 Å². The topological polar surface area (TPSA) is 55.6 Å². The molecular weight excluding hydrogens is 204 g/mol. The van der Waals surface area contributed by atoms with Crippen molar-refractivity contribution in [2.24, 2.45) is 5.73 Å². The Morgan fingerprint density at radius 2 is 2.31 bits per heavy atom. The molecule has 0 aromatic carbocycles. The van der Waals surface area contributed by atoms with E-state index >= 15 is 0 Å². The van der Waals surface area contributed by atoms with Crippen molar-refractivity contribution in [3.05, 3.63) is 0 Å². The number of amides is 1. The van der Waals surface area contributed by atoms with Crippen molar-refractivity contribution in [3.63, 3.8) is 0 Å². The summed E-state index contributed by atoms with van der Waals surface area (Å²) in [5, 5.41) is 0. The van der Waals surface area contributed by atoms with Gasteiger partial charge in [-0.25, -0.2) is 0 Å². The van der Waals surface area contributed by atoms with Crippen LogP contribution in [0.5, 0.6) is 0 Å². The van der Waals surface area contributed by atoms with Gasteiger partial charge in [-0.1, -0.05) is 0 Å². The van der Waals surface area contributed by atoms with E-state index in [2.05, 4.69) is 0 Å². The molecule has 2 rings (SSSR count). The van der Waals surface area contributed by atoms with Crippen LogP contribution in [0.25, 0.3) is 0 Å². The molecule has 0 aliphatic carbocycles. The lowest BCUT2D eigenvalue weighted by atomic mass is 9.96.